The summed E-state index contributed by atoms with van der Waals surface area (Å²) in [5, 5.41) is 50.0. The second-order valence-corrected chi connectivity index (χ2v) is 15.0. The Morgan fingerprint density at radius 2 is 1.10 bits per heavy atom. The molecule has 0 unspecified atom stereocenters. The highest BCUT2D eigenvalue weighted by Crippen LogP contribution is 2.22. The topological polar surface area (TPSA) is 224 Å². The second-order valence-electron chi connectivity index (χ2n) is 15.0. The third kappa shape index (κ3) is 14.6. The minimum Gasteiger partial charge on any atom is -0.480 e. The van der Waals surface area contributed by atoms with E-state index in [1.807, 2.05) is 0 Å². The molecule has 4 rings (SSSR count). The van der Waals surface area contributed by atoms with Gasteiger partial charge in [-0.05, 0) is 29.5 Å². The molecule has 2 bridgehead atoms. The maximum Gasteiger partial charge on any atom is 0.317 e. The number of nitrogens with two attached hydrogens (primary N) is 1. The van der Waals surface area contributed by atoms with Crippen molar-refractivity contribution in [2.45, 2.75) is 43.7 Å². The standard InChI is InChI=1S/C34H58N8O8/c1-32(2,3)27-6-4-26(5-7-27)8-9-38-34-21-37-11-10-36-20-33(35,22-39(16-28(43)44)12-14-41(24-34)18-30(47)48)23-40(17-29(45)46)13-15-42(25-34)19-31(49)50/h4-7,36-38H,8-25,35H2,1-3H3,(H,43,44)(H,45,46)(H,47,48)(H,49,50). The molecular formula is C34H58N8O8. The van der Waals surface area contributed by atoms with E-state index in [-0.39, 0.29) is 90.5 Å². The second kappa shape index (κ2) is 18.9. The van der Waals surface area contributed by atoms with E-state index in [0.717, 1.165) is 5.56 Å². The van der Waals surface area contributed by atoms with Gasteiger partial charge in [-0.1, -0.05) is 45.0 Å². The molecule has 0 radical (unpaired) electrons. The van der Waals surface area contributed by atoms with Crippen molar-refractivity contribution in [3.63, 3.8) is 0 Å². The Morgan fingerprint density at radius 3 is 1.50 bits per heavy atom. The monoisotopic (exact) mass is 706 g/mol. The zero-order valence-electron chi connectivity index (χ0n) is 29.8. The maximum atomic E-state index is 12.2. The third-order valence-electron chi connectivity index (χ3n) is 9.18. The number of aliphatic carboxylic acids is 4. The van der Waals surface area contributed by atoms with Crippen molar-refractivity contribution >= 4 is 23.9 Å². The molecule has 16 nitrogen and oxygen atoms in total. The lowest BCUT2D eigenvalue weighted by Crippen LogP contribution is -2.68. The first-order valence-electron chi connectivity index (χ1n) is 17.3. The molecule has 0 amide bonds. The Bertz CT molecular complexity index is 1220. The van der Waals surface area contributed by atoms with Crippen molar-refractivity contribution in [3.05, 3.63) is 35.4 Å². The maximum absolute atomic E-state index is 12.2. The number of benzene rings is 1. The van der Waals surface area contributed by atoms with E-state index in [9.17, 15) is 39.6 Å². The molecule has 50 heavy (non-hydrogen) atoms. The molecule has 3 aliphatic rings. The lowest BCUT2D eigenvalue weighted by molar-refractivity contribution is -0.141. The molecule has 3 fully saturated rings. The summed E-state index contributed by atoms with van der Waals surface area (Å²) in [6.45, 7) is 8.81. The number of fused-ring (bicyclic) bond motifs is 15. The molecule has 3 saturated heterocycles. The molecular weight excluding hydrogens is 648 g/mol. The minimum absolute atomic E-state index is 0.0142. The number of nitrogens with one attached hydrogen (secondary N) is 3. The van der Waals surface area contributed by atoms with Crippen molar-refractivity contribution in [2.24, 2.45) is 5.73 Å². The lowest BCUT2D eigenvalue weighted by Gasteiger charge is -2.45. The third-order valence-corrected chi connectivity index (χ3v) is 9.18. The fourth-order valence-corrected chi connectivity index (χ4v) is 6.92. The van der Waals surface area contributed by atoms with Gasteiger partial charge in [0.15, 0.2) is 0 Å². The molecule has 16 heteroatoms. The van der Waals surface area contributed by atoms with E-state index in [1.165, 1.54) is 5.56 Å². The van der Waals surface area contributed by atoms with Crippen LogP contribution in [0.15, 0.2) is 24.3 Å². The summed E-state index contributed by atoms with van der Waals surface area (Å²) in [6, 6.07) is 8.44. The van der Waals surface area contributed by atoms with Gasteiger partial charge in [0.1, 0.15) is 0 Å². The minimum atomic E-state index is -1.08. The van der Waals surface area contributed by atoms with Crippen LogP contribution in [-0.4, -0.2) is 186 Å². The first-order valence-corrected chi connectivity index (χ1v) is 17.3. The number of carbonyl (C=O) groups is 4. The molecule has 282 valence electrons. The van der Waals surface area contributed by atoms with Gasteiger partial charge in [0.2, 0.25) is 0 Å². The van der Waals surface area contributed by atoms with Crippen molar-refractivity contribution in [2.75, 3.05) is 111 Å². The lowest BCUT2D eigenvalue weighted by atomic mass is 9.86. The molecule has 9 N–H and O–H groups in total. The van der Waals surface area contributed by atoms with E-state index in [0.29, 0.717) is 32.6 Å². The highest BCUT2D eigenvalue weighted by Gasteiger charge is 2.38. The normalized spacial score (nSPS) is 24.7. The summed E-state index contributed by atoms with van der Waals surface area (Å²) in [5.41, 5.74) is 7.36. The van der Waals surface area contributed by atoms with E-state index < -0.39 is 35.0 Å². The number of rotatable bonds is 12. The van der Waals surface area contributed by atoms with Gasteiger partial charge in [-0.25, -0.2) is 0 Å². The fraction of sp³-hybridized carbons (Fsp3) is 0.706. The quantitative estimate of drug-likeness (QED) is 0.121. The smallest absolute Gasteiger partial charge is 0.317 e. The van der Waals surface area contributed by atoms with E-state index in [2.05, 4.69) is 61.0 Å². The van der Waals surface area contributed by atoms with Crippen LogP contribution in [0.5, 0.6) is 0 Å². The van der Waals surface area contributed by atoms with Crippen molar-refractivity contribution in [1.82, 2.24) is 35.6 Å². The summed E-state index contributed by atoms with van der Waals surface area (Å²) in [6.07, 6.45) is 0.670. The Hall–Kier alpha value is -3.22. The zero-order valence-corrected chi connectivity index (χ0v) is 29.8. The predicted octanol–water partition coefficient (Wildman–Crippen LogP) is -1.69. The number of carboxylic acid groups (broad SMARTS) is 4. The summed E-state index contributed by atoms with van der Waals surface area (Å²) < 4.78 is 0. The van der Waals surface area contributed by atoms with Crippen molar-refractivity contribution in [1.29, 1.82) is 0 Å². The average Bonchev–Trinajstić information content (AvgIpc) is 2.98. The summed E-state index contributed by atoms with van der Waals surface area (Å²) in [5.74, 6) is -4.20. The van der Waals surface area contributed by atoms with E-state index >= 15 is 0 Å². The molecule has 0 spiro atoms. The van der Waals surface area contributed by atoms with E-state index in [1.54, 1.807) is 19.6 Å². The first kappa shape index (κ1) is 41.2. The van der Waals surface area contributed by atoms with Gasteiger partial charge in [-0.3, -0.25) is 38.8 Å². The summed E-state index contributed by atoms with van der Waals surface area (Å²) in [4.78, 5) is 55.1. The van der Waals surface area contributed by atoms with Crippen LogP contribution < -0.4 is 21.7 Å². The van der Waals surface area contributed by atoms with Gasteiger partial charge in [0.05, 0.1) is 37.3 Å². The molecule has 1 aromatic rings. The highest BCUT2D eigenvalue weighted by molar-refractivity contribution is 5.70. The number of hydrogen-bond donors (Lipinski definition) is 8. The average molecular weight is 707 g/mol. The Balaban J connectivity index is 2.07. The number of hydrogen-bond acceptors (Lipinski definition) is 12. The van der Waals surface area contributed by atoms with Crippen LogP contribution in [0.4, 0.5) is 0 Å². The molecule has 3 heterocycles. The fourth-order valence-electron chi connectivity index (χ4n) is 6.92. The SMILES string of the molecule is CC(C)(C)c1ccc(CCNC23CNCCNCC(N)(CN(CC(=O)O)CCN(CC(=O)O)C2)CN(CC(=O)O)CCN(CC(=O)O)C3)cc1. The number of carboxylic acids is 4. The predicted molar refractivity (Wildman–Crippen MR) is 189 cm³/mol. The zero-order chi connectivity index (χ0) is 37.0. The Kier molecular flexibility index (Phi) is 15.5. The van der Waals surface area contributed by atoms with Crippen molar-refractivity contribution < 1.29 is 39.6 Å². The molecule has 3 aliphatic heterocycles. The van der Waals surface area contributed by atoms with Gasteiger partial charge in [-0.2, -0.15) is 0 Å². The van der Waals surface area contributed by atoms with Crippen LogP contribution >= 0.6 is 0 Å². The highest BCUT2D eigenvalue weighted by atomic mass is 16.4. The first-order chi connectivity index (χ1) is 23.5. The van der Waals surface area contributed by atoms with Crippen LogP contribution in [0.25, 0.3) is 0 Å². The van der Waals surface area contributed by atoms with E-state index in [4.69, 9.17) is 5.73 Å². The van der Waals surface area contributed by atoms with Crippen LogP contribution in [0.2, 0.25) is 0 Å². The van der Waals surface area contributed by atoms with Crippen molar-refractivity contribution in [3.8, 4) is 0 Å². The molecule has 0 atom stereocenters. The van der Waals surface area contributed by atoms with Gasteiger partial charge in [0.25, 0.3) is 0 Å². The Labute approximate surface area is 294 Å². The van der Waals surface area contributed by atoms with Gasteiger partial charge in [0, 0.05) is 78.5 Å². The molecule has 0 saturated carbocycles. The Morgan fingerprint density at radius 1 is 0.700 bits per heavy atom. The van der Waals surface area contributed by atoms with Gasteiger partial charge >= 0.3 is 23.9 Å². The molecule has 1 aromatic carbocycles. The number of nitrogens with zero attached hydrogens (tertiary/aromatic N) is 4. The molecule has 0 aromatic heterocycles. The molecule has 0 aliphatic carbocycles. The van der Waals surface area contributed by atoms with Crippen LogP contribution in [0.1, 0.15) is 31.9 Å². The van der Waals surface area contributed by atoms with Gasteiger partial charge in [-0.15, -0.1) is 0 Å². The van der Waals surface area contributed by atoms with Crippen LogP contribution in [-0.2, 0) is 31.0 Å². The largest absolute Gasteiger partial charge is 0.480 e. The summed E-state index contributed by atoms with van der Waals surface area (Å²) in [7, 11) is 0. The van der Waals surface area contributed by atoms with Crippen LogP contribution in [0, 0.1) is 0 Å². The van der Waals surface area contributed by atoms with Gasteiger partial charge < -0.3 is 42.1 Å². The summed E-state index contributed by atoms with van der Waals surface area (Å²) >= 11 is 0. The van der Waals surface area contributed by atoms with Crippen LogP contribution in [0.3, 0.4) is 0 Å².